The molecule has 26 heavy (non-hydrogen) atoms. The maximum Gasteiger partial charge on any atom is 0.257 e. The fourth-order valence-corrected chi connectivity index (χ4v) is 3.81. The summed E-state index contributed by atoms with van der Waals surface area (Å²) in [5.41, 5.74) is 1.31. The van der Waals surface area contributed by atoms with Gasteiger partial charge < -0.3 is 14.6 Å². The summed E-state index contributed by atoms with van der Waals surface area (Å²) in [5, 5.41) is 6.23. The van der Waals surface area contributed by atoms with Gasteiger partial charge in [-0.3, -0.25) is 4.79 Å². The molecule has 0 atom stereocenters. The lowest BCUT2D eigenvalue weighted by Crippen LogP contribution is -2.37. The van der Waals surface area contributed by atoms with Crippen LogP contribution < -0.4 is 14.8 Å². The quantitative estimate of drug-likeness (QED) is 0.634. The third-order valence-electron chi connectivity index (χ3n) is 3.69. The number of hydrogen-bond donors (Lipinski definition) is 2. The molecule has 0 radical (unpaired) electrons. The summed E-state index contributed by atoms with van der Waals surface area (Å²) in [6, 6.07) is 7.51. The van der Waals surface area contributed by atoms with Crippen molar-refractivity contribution in [2.24, 2.45) is 0 Å². The summed E-state index contributed by atoms with van der Waals surface area (Å²) in [4.78, 5) is 11.9. The van der Waals surface area contributed by atoms with Crippen molar-refractivity contribution in [2.75, 3.05) is 19.7 Å². The van der Waals surface area contributed by atoms with E-state index < -0.39 is 10.0 Å². The maximum atomic E-state index is 12.2. The third-order valence-corrected chi connectivity index (χ3v) is 5.39. The molecule has 0 saturated carbocycles. The van der Waals surface area contributed by atoms with E-state index in [9.17, 15) is 13.2 Å². The number of aryl methyl sites for hydroxylation is 3. The van der Waals surface area contributed by atoms with Crippen molar-refractivity contribution in [1.29, 1.82) is 0 Å². The summed E-state index contributed by atoms with van der Waals surface area (Å²) in [7, 11) is -3.73. The van der Waals surface area contributed by atoms with Gasteiger partial charge in [0, 0.05) is 13.1 Å². The molecule has 2 N–H and O–H groups in total. The molecule has 8 nitrogen and oxygen atoms in total. The SMILES string of the molecule is CCc1ccccc1OCC(=O)NCCNS(=O)(=O)c1c(C)noc1C. The van der Waals surface area contributed by atoms with Crippen LogP contribution in [-0.4, -0.2) is 39.2 Å². The Bertz CT molecular complexity index is 842. The van der Waals surface area contributed by atoms with Crippen molar-refractivity contribution < 1.29 is 22.5 Å². The molecule has 0 saturated heterocycles. The average molecular weight is 381 g/mol. The number of rotatable bonds is 9. The van der Waals surface area contributed by atoms with E-state index in [1.54, 1.807) is 6.92 Å². The Kier molecular flexibility index (Phi) is 6.76. The van der Waals surface area contributed by atoms with Crippen molar-refractivity contribution in [2.45, 2.75) is 32.1 Å². The lowest BCUT2D eigenvalue weighted by molar-refractivity contribution is -0.123. The molecule has 1 heterocycles. The molecule has 0 spiro atoms. The van der Waals surface area contributed by atoms with Gasteiger partial charge in [0.15, 0.2) is 12.4 Å². The van der Waals surface area contributed by atoms with Crippen molar-refractivity contribution in [3.8, 4) is 5.75 Å². The topological polar surface area (TPSA) is 111 Å². The first-order chi connectivity index (χ1) is 12.3. The van der Waals surface area contributed by atoms with Gasteiger partial charge in [-0.2, -0.15) is 0 Å². The van der Waals surface area contributed by atoms with Gasteiger partial charge in [-0.1, -0.05) is 30.3 Å². The number of carbonyl (C=O) groups excluding carboxylic acids is 1. The zero-order valence-corrected chi connectivity index (χ0v) is 15.9. The number of benzene rings is 1. The second kappa shape index (κ2) is 8.81. The summed E-state index contributed by atoms with van der Waals surface area (Å²) in [6.45, 7) is 5.14. The fraction of sp³-hybridized carbons (Fsp3) is 0.412. The molecule has 9 heteroatoms. The molecule has 0 bridgehead atoms. The van der Waals surface area contributed by atoms with Crippen LogP contribution in [0.2, 0.25) is 0 Å². The maximum absolute atomic E-state index is 12.2. The Morgan fingerprint density at radius 2 is 1.96 bits per heavy atom. The molecule has 1 aromatic carbocycles. The highest BCUT2D eigenvalue weighted by molar-refractivity contribution is 7.89. The Hall–Kier alpha value is -2.39. The molecule has 0 aliphatic carbocycles. The van der Waals surface area contributed by atoms with Crippen molar-refractivity contribution in [3.05, 3.63) is 41.3 Å². The van der Waals surface area contributed by atoms with E-state index in [4.69, 9.17) is 9.26 Å². The molecule has 2 aromatic rings. The molecule has 0 fully saturated rings. The summed E-state index contributed by atoms with van der Waals surface area (Å²) >= 11 is 0. The Labute approximate surface area is 153 Å². The zero-order chi connectivity index (χ0) is 19.2. The predicted octanol–water partition coefficient (Wildman–Crippen LogP) is 1.33. The Morgan fingerprint density at radius 3 is 2.62 bits per heavy atom. The predicted molar refractivity (Wildman–Crippen MR) is 95.5 cm³/mol. The van der Waals surface area contributed by atoms with Gasteiger partial charge in [-0.25, -0.2) is 13.1 Å². The Balaban J connectivity index is 1.77. The standard InChI is InChI=1S/C17H23N3O5S/c1-4-14-7-5-6-8-15(14)24-11-16(21)18-9-10-19-26(22,23)17-12(2)20-25-13(17)3/h5-8,19H,4,9-11H2,1-3H3,(H,18,21). The first-order valence-electron chi connectivity index (χ1n) is 8.25. The molecule has 0 aliphatic rings. The van der Waals surface area contributed by atoms with Gasteiger partial charge >= 0.3 is 0 Å². The number of amides is 1. The van der Waals surface area contributed by atoms with Crippen molar-refractivity contribution in [3.63, 3.8) is 0 Å². The van der Waals surface area contributed by atoms with E-state index in [-0.39, 0.29) is 36.3 Å². The molecule has 0 aliphatic heterocycles. The van der Waals surface area contributed by atoms with Gasteiger partial charge in [0.2, 0.25) is 10.0 Å². The van der Waals surface area contributed by atoms with Crippen LogP contribution in [0.15, 0.2) is 33.7 Å². The van der Waals surface area contributed by atoms with Crippen LogP contribution in [0.5, 0.6) is 5.75 Å². The van der Waals surface area contributed by atoms with E-state index in [2.05, 4.69) is 15.2 Å². The van der Waals surface area contributed by atoms with Gasteiger partial charge in [-0.15, -0.1) is 0 Å². The van der Waals surface area contributed by atoms with E-state index in [0.717, 1.165) is 12.0 Å². The van der Waals surface area contributed by atoms with Crippen LogP contribution in [0.4, 0.5) is 0 Å². The van der Waals surface area contributed by atoms with Crippen LogP contribution in [0.25, 0.3) is 0 Å². The van der Waals surface area contributed by atoms with E-state index in [1.807, 2.05) is 31.2 Å². The van der Waals surface area contributed by atoms with Crippen LogP contribution in [-0.2, 0) is 21.2 Å². The van der Waals surface area contributed by atoms with Crippen LogP contribution >= 0.6 is 0 Å². The normalized spacial score (nSPS) is 11.3. The highest BCUT2D eigenvalue weighted by atomic mass is 32.2. The second-order valence-electron chi connectivity index (χ2n) is 5.65. The van der Waals surface area contributed by atoms with Gasteiger partial charge in [0.25, 0.3) is 5.91 Å². The molecular formula is C17H23N3O5S. The lowest BCUT2D eigenvalue weighted by Gasteiger charge is -2.11. The first kappa shape index (κ1) is 19.9. The van der Waals surface area contributed by atoms with Crippen molar-refractivity contribution in [1.82, 2.24) is 15.2 Å². The molecule has 0 unspecified atom stereocenters. The number of ether oxygens (including phenoxy) is 1. The summed E-state index contributed by atoms with van der Waals surface area (Å²) in [6.07, 6.45) is 0.807. The minimum absolute atomic E-state index is 0.0309. The van der Waals surface area contributed by atoms with Gasteiger partial charge in [-0.05, 0) is 31.9 Å². The van der Waals surface area contributed by atoms with Gasteiger partial charge in [0.1, 0.15) is 16.3 Å². The smallest absolute Gasteiger partial charge is 0.257 e. The number of nitrogens with one attached hydrogen (secondary N) is 2. The average Bonchev–Trinajstić information content (AvgIpc) is 2.96. The lowest BCUT2D eigenvalue weighted by atomic mass is 10.1. The number of sulfonamides is 1. The van der Waals surface area contributed by atoms with E-state index in [0.29, 0.717) is 11.4 Å². The van der Waals surface area contributed by atoms with Crippen LogP contribution in [0.3, 0.4) is 0 Å². The fourth-order valence-electron chi connectivity index (χ4n) is 2.45. The number of hydrogen-bond acceptors (Lipinski definition) is 6. The molecule has 2 rings (SSSR count). The number of para-hydroxylation sites is 1. The Morgan fingerprint density at radius 1 is 1.23 bits per heavy atom. The van der Waals surface area contributed by atoms with Gasteiger partial charge in [0.05, 0.1) is 0 Å². The third kappa shape index (κ3) is 5.06. The highest BCUT2D eigenvalue weighted by Crippen LogP contribution is 2.18. The molecule has 1 amide bonds. The van der Waals surface area contributed by atoms with Crippen LogP contribution in [0, 0.1) is 13.8 Å². The minimum Gasteiger partial charge on any atom is -0.483 e. The first-order valence-corrected chi connectivity index (χ1v) is 9.73. The monoisotopic (exact) mass is 381 g/mol. The number of aromatic nitrogens is 1. The number of carbonyl (C=O) groups is 1. The molecule has 1 aromatic heterocycles. The highest BCUT2D eigenvalue weighted by Gasteiger charge is 2.23. The summed E-state index contributed by atoms with van der Waals surface area (Å²) in [5.74, 6) is 0.568. The minimum atomic E-state index is -3.73. The largest absolute Gasteiger partial charge is 0.483 e. The second-order valence-corrected chi connectivity index (χ2v) is 7.35. The molecular weight excluding hydrogens is 358 g/mol. The zero-order valence-electron chi connectivity index (χ0n) is 15.0. The number of nitrogens with zero attached hydrogens (tertiary/aromatic N) is 1. The van der Waals surface area contributed by atoms with Crippen LogP contribution in [0.1, 0.15) is 23.9 Å². The molecule has 142 valence electrons. The van der Waals surface area contributed by atoms with Crippen molar-refractivity contribution >= 4 is 15.9 Å². The van der Waals surface area contributed by atoms with E-state index >= 15 is 0 Å². The van der Waals surface area contributed by atoms with E-state index in [1.165, 1.54) is 6.92 Å². The summed E-state index contributed by atoms with van der Waals surface area (Å²) < 4.78 is 37.2.